The zero-order chi connectivity index (χ0) is 12.8. The van der Waals surface area contributed by atoms with Crippen LogP contribution in [0.1, 0.15) is 6.42 Å². The third-order valence-electron chi connectivity index (χ3n) is 2.86. The predicted molar refractivity (Wildman–Crippen MR) is 76.2 cm³/mol. The third-order valence-corrected chi connectivity index (χ3v) is 5.64. The lowest BCUT2D eigenvalue weighted by Crippen LogP contribution is -2.07. The first kappa shape index (κ1) is 12.2. The number of thiophene rings is 2. The van der Waals surface area contributed by atoms with Crippen LogP contribution in [0.3, 0.4) is 0 Å². The topological polar surface area (TPSA) is 59.3 Å². The van der Waals surface area contributed by atoms with Gasteiger partial charge in [0.05, 0.1) is 26.2 Å². The maximum atomic E-state index is 10.7. The first-order valence-electron chi connectivity index (χ1n) is 5.44. The highest BCUT2D eigenvalue weighted by molar-refractivity contribution is 7.85. The summed E-state index contributed by atoms with van der Waals surface area (Å²) in [6.45, 7) is 0.604. The minimum atomic E-state index is -3.87. The van der Waals surface area contributed by atoms with Crippen molar-refractivity contribution in [2.45, 2.75) is 13.0 Å². The number of aryl methyl sites for hydroxylation is 1. The van der Waals surface area contributed by atoms with Crippen LogP contribution in [0.15, 0.2) is 22.9 Å². The fourth-order valence-corrected chi connectivity index (χ4v) is 4.62. The molecule has 18 heavy (non-hydrogen) atoms. The van der Waals surface area contributed by atoms with Gasteiger partial charge < -0.3 is 4.57 Å². The molecule has 0 radical (unpaired) electrons. The quantitative estimate of drug-likeness (QED) is 0.753. The molecule has 0 saturated carbocycles. The van der Waals surface area contributed by atoms with Gasteiger partial charge in [0, 0.05) is 6.54 Å². The molecule has 3 aromatic heterocycles. The van der Waals surface area contributed by atoms with E-state index in [1.165, 1.54) is 9.40 Å². The van der Waals surface area contributed by atoms with Gasteiger partial charge in [-0.05, 0) is 29.3 Å². The van der Waals surface area contributed by atoms with E-state index >= 15 is 0 Å². The second kappa shape index (κ2) is 4.34. The lowest BCUT2D eigenvalue weighted by Gasteiger charge is -2.04. The van der Waals surface area contributed by atoms with Crippen molar-refractivity contribution in [3.05, 3.63) is 22.9 Å². The van der Waals surface area contributed by atoms with Crippen molar-refractivity contribution in [2.75, 3.05) is 5.75 Å². The summed E-state index contributed by atoms with van der Waals surface area (Å²) in [5, 5.41) is 4.09. The number of hydrogen-bond acceptors (Lipinski definition) is 4. The monoisotopic (exact) mass is 301 g/mol. The normalized spacial score (nSPS) is 12.7. The Kier molecular flexibility index (Phi) is 2.93. The van der Waals surface area contributed by atoms with Gasteiger partial charge in [0.1, 0.15) is 0 Å². The van der Waals surface area contributed by atoms with E-state index < -0.39 is 10.1 Å². The van der Waals surface area contributed by atoms with Crippen LogP contribution < -0.4 is 0 Å². The maximum absolute atomic E-state index is 10.7. The van der Waals surface area contributed by atoms with E-state index in [-0.39, 0.29) is 5.75 Å². The lowest BCUT2D eigenvalue weighted by molar-refractivity contribution is 0.479. The highest BCUT2D eigenvalue weighted by Crippen LogP contribution is 2.36. The van der Waals surface area contributed by atoms with Crippen molar-refractivity contribution in [1.82, 2.24) is 4.57 Å². The number of nitrogens with zero attached hydrogens (tertiary/aromatic N) is 1. The number of rotatable bonds is 4. The molecule has 0 amide bonds. The molecule has 0 fully saturated rings. The summed E-state index contributed by atoms with van der Waals surface area (Å²) in [6.07, 6.45) is 0.420. The summed E-state index contributed by atoms with van der Waals surface area (Å²) in [5.41, 5.74) is 2.30. The van der Waals surface area contributed by atoms with Gasteiger partial charge in [0.25, 0.3) is 10.1 Å². The molecule has 0 saturated heterocycles. The fraction of sp³-hybridized carbons (Fsp3) is 0.273. The van der Waals surface area contributed by atoms with E-state index in [2.05, 4.69) is 16.7 Å². The number of hydrogen-bond donors (Lipinski definition) is 1. The Morgan fingerprint density at radius 1 is 1.11 bits per heavy atom. The molecule has 0 aliphatic carbocycles. The lowest BCUT2D eigenvalue weighted by atomic mass is 10.4. The van der Waals surface area contributed by atoms with Gasteiger partial charge in [-0.15, -0.1) is 22.7 Å². The molecule has 7 heteroatoms. The minimum absolute atomic E-state index is 0.192. The summed E-state index contributed by atoms with van der Waals surface area (Å²) >= 11 is 3.41. The summed E-state index contributed by atoms with van der Waals surface area (Å²) in [7, 11) is -3.87. The minimum Gasteiger partial charge on any atom is -0.339 e. The first-order chi connectivity index (χ1) is 8.56. The molecule has 0 aliphatic rings. The molecule has 4 nitrogen and oxygen atoms in total. The molecular formula is C11H11NO3S3. The third kappa shape index (κ3) is 2.07. The standard InChI is InChI=1S/C11H11NO3S3/c13-18(14,15)7-1-4-12-8-2-5-16-10(8)11-9(12)3-6-17-11/h2-3,5-6H,1,4,7H2,(H,13,14,15). The molecule has 96 valence electrons. The fourth-order valence-electron chi connectivity index (χ4n) is 2.15. The van der Waals surface area contributed by atoms with Crippen molar-refractivity contribution >= 4 is 53.2 Å². The van der Waals surface area contributed by atoms with Gasteiger partial charge in [-0.2, -0.15) is 8.42 Å². The molecule has 0 bridgehead atoms. The highest BCUT2D eigenvalue weighted by Gasteiger charge is 2.13. The molecule has 0 aliphatic heterocycles. The molecule has 3 heterocycles. The smallest absolute Gasteiger partial charge is 0.264 e. The van der Waals surface area contributed by atoms with Crippen LogP contribution in [-0.2, 0) is 16.7 Å². The van der Waals surface area contributed by atoms with Crippen LogP contribution in [-0.4, -0.2) is 23.3 Å². The molecule has 0 aromatic carbocycles. The molecule has 3 rings (SSSR count). The Bertz CT molecular complexity index is 746. The Labute approximate surface area is 112 Å². The zero-order valence-electron chi connectivity index (χ0n) is 9.37. The first-order valence-corrected chi connectivity index (χ1v) is 8.81. The Balaban J connectivity index is 1.97. The van der Waals surface area contributed by atoms with E-state index in [0.29, 0.717) is 13.0 Å². The van der Waals surface area contributed by atoms with Crippen molar-refractivity contribution in [3.63, 3.8) is 0 Å². The zero-order valence-corrected chi connectivity index (χ0v) is 11.8. The Hall–Kier alpha value is -0.890. The number of fused-ring (bicyclic) bond motifs is 3. The summed E-state index contributed by atoms with van der Waals surface area (Å²) in [5.74, 6) is -0.192. The molecule has 3 aromatic rings. The van der Waals surface area contributed by atoms with Crippen molar-refractivity contribution in [1.29, 1.82) is 0 Å². The van der Waals surface area contributed by atoms with Crippen molar-refractivity contribution < 1.29 is 13.0 Å². The molecule has 0 spiro atoms. The van der Waals surface area contributed by atoms with Crippen LogP contribution >= 0.6 is 22.7 Å². The van der Waals surface area contributed by atoms with Crippen LogP contribution in [0, 0.1) is 0 Å². The average molecular weight is 301 g/mol. The molecular weight excluding hydrogens is 290 g/mol. The second-order valence-electron chi connectivity index (χ2n) is 4.06. The SMILES string of the molecule is O=S(=O)(O)CCCn1c2ccsc2c2sccc21. The second-order valence-corrected chi connectivity index (χ2v) is 7.47. The van der Waals surface area contributed by atoms with Crippen LogP contribution in [0.25, 0.3) is 20.4 Å². The van der Waals surface area contributed by atoms with Crippen LogP contribution in [0.4, 0.5) is 0 Å². The van der Waals surface area contributed by atoms with Gasteiger partial charge in [0.15, 0.2) is 0 Å². The predicted octanol–water partition coefficient (Wildman–Crippen LogP) is 3.20. The maximum Gasteiger partial charge on any atom is 0.264 e. The van der Waals surface area contributed by atoms with E-state index in [1.807, 2.05) is 10.8 Å². The Morgan fingerprint density at radius 3 is 2.17 bits per heavy atom. The van der Waals surface area contributed by atoms with E-state index in [1.54, 1.807) is 22.7 Å². The molecule has 0 unspecified atom stereocenters. The summed E-state index contributed by atoms with van der Waals surface area (Å²) < 4.78 is 34.9. The summed E-state index contributed by atoms with van der Waals surface area (Å²) in [6, 6.07) is 4.11. The number of aromatic nitrogens is 1. The Morgan fingerprint density at radius 2 is 1.67 bits per heavy atom. The largest absolute Gasteiger partial charge is 0.339 e. The van der Waals surface area contributed by atoms with Crippen LogP contribution in [0.2, 0.25) is 0 Å². The summed E-state index contributed by atoms with van der Waals surface area (Å²) in [4.78, 5) is 0. The van der Waals surface area contributed by atoms with E-state index in [9.17, 15) is 8.42 Å². The van der Waals surface area contributed by atoms with Gasteiger partial charge in [0.2, 0.25) is 0 Å². The van der Waals surface area contributed by atoms with E-state index in [4.69, 9.17) is 4.55 Å². The average Bonchev–Trinajstić information content (AvgIpc) is 2.92. The van der Waals surface area contributed by atoms with Crippen LogP contribution in [0.5, 0.6) is 0 Å². The molecule has 1 N–H and O–H groups in total. The van der Waals surface area contributed by atoms with Crippen molar-refractivity contribution in [3.8, 4) is 0 Å². The molecule has 0 atom stereocenters. The highest BCUT2D eigenvalue weighted by atomic mass is 32.2. The van der Waals surface area contributed by atoms with Gasteiger partial charge in [-0.25, -0.2) is 0 Å². The van der Waals surface area contributed by atoms with Gasteiger partial charge >= 0.3 is 0 Å². The van der Waals surface area contributed by atoms with Crippen molar-refractivity contribution in [2.24, 2.45) is 0 Å². The van der Waals surface area contributed by atoms with Gasteiger partial charge in [-0.3, -0.25) is 4.55 Å². The van der Waals surface area contributed by atoms with Gasteiger partial charge in [-0.1, -0.05) is 0 Å². The van der Waals surface area contributed by atoms with E-state index in [0.717, 1.165) is 11.0 Å².